The van der Waals surface area contributed by atoms with Crippen molar-refractivity contribution in [2.24, 2.45) is 5.10 Å². The lowest BCUT2D eigenvalue weighted by molar-refractivity contribution is -0.0223. The molecule has 3 aromatic rings. The van der Waals surface area contributed by atoms with Crippen molar-refractivity contribution in [2.75, 3.05) is 0 Å². The molecule has 2 aliphatic rings. The maximum atomic E-state index is 6.27. The molecular formula is C23H21ClN2O. The van der Waals surface area contributed by atoms with Crippen LogP contribution in [0.25, 0.3) is 10.8 Å². The molecule has 0 spiro atoms. The van der Waals surface area contributed by atoms with Crippen LogP contribution in [0.15, 0.2) is 65.8 Å². The monoisotopic (exact) mass is 376 g/mol. The summed E-state index contributed by atoms with van der Waals surface area (Å²) in [5, 5.41) is 10.4. The smallest absolute Gasteiger partial charge is 0.187 e. The van der Waals surface area contributed by atoms with Crippen LogP contribution in [0.4, 0.5) is 0 Å². The van der Waals surface area contributed by atoms with Gasteiger partial charge in [0.1, 0.15) is 5.75 Å². The third kappa shape index (κ3) is 2.87. The minimum Gasteiger partial charge on any atom is -0.469 e. The summed E-state index contributed by atoms with van der Waals surface area (Å²) >= 11 is 6.27. The Morgan fingerprint density at radius 1 is 1.07 bits per heavy atom. The van der Waals surface area contributed by atoms with Crippen molar-refractivity contribution in [3.05, 3.63) is 76.8 Å². The summed E-state index contributed by atoms with van der Waals surface area (Å²) in [5.74, 6) is 0.939. The molecule has 0 saturated heterocycles. The number of benzene rings is 3. The molecule has 0 amide bonds. The maximum Gasteiger partial charge on any atom is 0.187 e. The number of fused-ring (bicyclic) bond motifs is 4. The summed E-state index contributed by atoms with van der Waals surface area (Å²) in [4.78, 5) is 0. The summed E-state index contributed by atoms with van der Waals surface area (Å²) in [6.07, 6.45) is 2.85. The highest BCUT2D eigenvalue weighted by atomic mass is 35.5. The first-order valence-electron chi connectivity index (χ1n) is 9.54. The van der Waals surface area contributed by atoms with Gasteiger partial charge in [0, 0.05) is 23.4 Å². The van der Waals surface area contributed by atoms with Gasteiger partial charge in [-0.05, 0) is 40.6 Å². The predicted octanol–water partition coefficient (Wildman–Crippen LogP) is 6.16. The van der Waals surface area contributed by atoms with Crippen LogP contribution in [0, 0.1) is 0 Å². The Labute approximate surface area is 164 Å². The van der Waals surface area contributed by atoms with E-state index in [0.29, 0.717) is 0 Å². The van der Waals surface area contributed by atoms with Crippen LogP contribution in [0.5, 0.6) is 5.75 Å². The molecular weight excluding hydrogens is 356 g/mol. The Hall–Kier alpha value is -2.52. The number of rotatable bonds is 3. The zero-order valence-corrected chi connectivity index (χ0v) is 16.0. The van der Waals surface area contributed by atoms with E-state index in [1.54, 1.807) is 0 Å². The van der Waals surface area contributed by atoms with Crippen molar-refractivity contribution in [3.8, 4) is 5.75 Å². The fourth-order valence-corrected chi connectivity index (χ4v) is 4.29. The summed E-state index contributed by atoms with van der Waals surface area (Å²) in [7, 11) is 0. The molecule has 0 aliphatic carbocycles. The first kappa shape index (κ1) is 16.6. The number of hydrogen-bond acceptors (Lipinski definition) is 3. The summed E-state index contributed by atoms with van der Waals surface area (Å²) < 4.78 is 6.26. The highest BCUT2D eigenvalue weighted by molar-refractivity contribution is 6.30. The molecule has 3 aromatic carbocycles. The summed E-state index contributed by atoms with van der Waals surface area (Å²) in [5.41, 5.74) is 3.43. The first-order chi connectivity index (χ1) is 13.2. The van der Waals surface area contributed by atoms with Crippen molar-refractivity contribution in [2.45, 2.75) is 38.5 Å². The Kier molecular flexibility index (Phi) is 4.05. The fourth-order valence-electron chi connectivity index (χ4n) is 4.11. The zero-order chi connectivity index (χ0) is 18.4. The van der Waals surface area contributed by atoms with Crippen LogP contribution in [0.3, 0.4) is 0 Å². The van der Waals surface area contributed by atoms with Crippen LogP contribution in [-0.4, -0.2) is 16.9 Å². The van der Waals surface area contributed by atoms with Gasteiger partial charge in [-0.3, -0.25) is 5.01 Å². The number of hydrogen-bond donors (Lipinski definition) is 0. The van der Waals surface area contributed by atoms with Gasteiger partial charge in [-0.15, -0.1) is 0 Å². The van der Waals surface area contributed by atoms with Gasteiger partial charge in [0.05, 0.1) is 11.8 Å². The van der Waals surface area contributed by atoms with E-state index in [1.165, 1.54) is 16.3 Å². The van der Waals surface area contributed by atoms with Crippen molar-refractivity contribution in [1.82, 2.24) is 5.01 Å². The molecule has 2 heterocycles. The Balaban J connectivity index is 1.55. The zero-order valence-electron chi connectivity index (χ0n) is 15.2. The first-order valence-corrected chi connectivity index (χ1v) is 9.92. The van der Waals surface area contributed by atoms with Gasteiger partial charge < -0.3 is 4.74 Å². The summed E-state index contributed by atoms with van der Waals surface area (Å²) in [6.45, 7) is 2.18. The normalized spacial score (nSPS) is 20.8. The van der Waals surface area contributed by atoms with Gasteiger partial charge >= 0.3 is 0 Å². The number of nitrogens with zero attached hydrogens (tertiary/aromatic N) is 2. The quantitative estimate of drug-likeness (QED) is 0.546. The van der Waals surface area contributed by atoms with Gasteiger partial charge in [-0.1, -0.05) is 61.3 Å². The third-order valence-corrected chi connectivity index (χ3v) is 5.68. The Bertz CT molecular complexity index is 1050. The van der Waals surface area contributed by atoms with Crippen molar-refractivity contribution in [1.29, 1.82) is 0 Å². The van der Waals surface area contributed by atoms with E-state index in [0.717, 1.165) is 41.3 Å². The van der Waals surface area contributed by atoms with E-state index in [4.69, 9.17) is 21.4 Å². The van der Waals surface area contributed by atoms with Gasteiger partial charge in [0.2, 0.25) is 0 Å². The lowest BCUT2D eigenvalue weighted by Gasteiger charge is -2.38. The average molecular weight is 377 g/mol. The van der Waals surface area contributed by atoms with Crippen LogP contribution in [0.2, 0.25) is 5.02 Å². The molecule has 4 heteroatoms. The number of ether oxygens (including phenoxy) is 1. The van der Waals surface area contributed by atoms with Gasteiger partial charge in [0.15, 0.2) is 6.23 Å². The third-order valence-electron chi connectivity index (χ3n) is 5.45. The van der Waals surface area contributed by atoms with Crippen LogP contribution in [-0.2, 0) is 0 Å². The van der Waals surface area contributed by atoms with E-state index < -0.39 is 0 Å². The van der Waals surface area contributed by atoms with Gasteiger partial charge in [0.25, 0.3) is 0 Å². The molecule has 0 N–H and O–H groups in total. The lowest BCUT2D eigenvalue weighted by atomic mass is 9.95. The largest absolute Gasteiger partial charge is 0.469 e. The summed E-state index contributed by atoms with van der Waals surface area (Å²) in [6, 6.07) is 21.1. The molecule has 0 bridgehead atoms. The molecule has 0 fully saturated rings. The van der Waals surface area contributed by atoms with E-state index >= 15 is 0 Å². The topological polar surface area (TPSA) is 24.8 Å². The van der Waals surface area contributed by atoms with E-state index in [9.17, 15) is 0 Å². The van der Waals surface area contributed by atoms with E-state index in [1.807, 2.05) is 18.2 Å². The highest BCUT2D eigenvalue weighted by Crippen LogP contribution is 2.44. The van der Waals surface area contributed by atoms with Crippen molar-refractivity contribution < 1.29 is 4.74 Å². The van der Waals surface area contributed by atoms with Crippen LogP contribution in [0.1, 0.15) is 43.4 Å². The molecule has 0 unspecified atom stereocenters. The average Bonchev–Trinajstić information content (AvgIpc) is 3.14. The van der Waals surface area contributed by atoms with Gasteiger partial charge in [-0.2, -0.15) is 5.10 Å². The van der Waals surface area contributed by atoms with Crippen LogP contribution < -0.4 is 4.74 Å². The minimum atomic E-state index is -0.0216. The van der Waals surface area contributed by atoms with Gasteiger partial charge in [-0.25, -0.2) is 0 Å². The molecule has 136 valence electrons. The second-order valence-corrected chi connectivity index (χ2v) is 7.69. The maximum absolute atomic E-state index is 6.27. The highest BCUT2D eigenvalue weighted by Gasteiger charge is 2.39. The molecule has 5 rings (SSSR count). The molecule has 0 radical (unpaired) electrons. The SMILES string of the molecule is CCC[C@H]1Oc2ccc(Cl)cc2[C@H]2CC(c3ccc4ccccc4c3)=NN21. The Morgan fingerprint density at radius 3 is 2.78 bits per heavy atom. The Morgan fingerprint density at radius 2 is 1.93 bits per heavy atom. The van der Waals surface area contributed by atoms with Crippen molar-refractivity contribution >= 4 is 28.1 Å². The lowest BCUT2D eigenvalue weighted by Crippen LogP contribution is -2.40. The van der Waals surface area contributed by atoms with Crippen molar-refractivity contribution in [3.63, 3.8) is 0 Å². The second-order valence-electron chi connectivity index (χ2n) is 7.25. The van der Waals surface area contributed by atoms with E-state index in [2.05, 4.69) is 54.4 Å². The molecule has 0 saturated carbocycles. The minimum absolute atomic E-state index is 0.0216. The number of hydrazone groups is 1. The molecule has 27 heavy (non-hydrogen) atoms. The molecule has 2 aliphatic heterocycles. The van der Waals surface area contributed by atoms with Crippen LogP contribution >= 0.6 is 11.6 Å². The predicted molar refractivity (Wildman–Crippen MR) is 110 cm³/mol. The molecule has 2 atom stereocenters. The molecule has 3 nitrogen and oxygen atoms in total. The van der Waals surface area contributed by atoms with E-state index in [-0.39, 0.29) is 12.3 Å². The fraction of sp³-hybridized carbons (Fsp3) is 0.261. The molecule has 0 aromatic heterocycles. The standard InChI is InChI=1S/C23H21ClN2O/c1-2-5-23-26-21(19-13-18(24)10-11-22(19)27-23)14-20(25-26)17-9-8-15-6-3-4-7-16(15)12-17/h3-4,6-13,21,23H,2,5,14H2,1H3/t21-,23-/m1/s1. The second kappa shape index (κ2) is 6.58. The number of halogens is 1.